The van der Waals surface area contributed by atoms with E-state index in [1.54, 1.807) is 24.3 Å². The molecule has 22 heavy (non-hydrogen) atoms. The zero-order valence-electron chi connectivity index (χ0n) is 12.0. The zero-order valence-corrected chi connectivity index (χ0v) is 12.8. The summed E-state index contributed by atoms with van der Waals surface area (Å²) < 4.78 is 0. The highest BCUT2D eigenvalue weighted by Crippen LogP contribution is 2.13. The van der Waals surface area contributed by atoms with E-state index in [0.29, 0.717) is 17.3 Å². The fourth-order valence-corrected chi connectivity index (χ4v) is 2.43. The topological polar surface area (TPSA) is 85.2 Å². The van der Waals surface area contributed by atoms with Crippen molar-refractivity contribution in [3.63, 3.8) is 0 Å². The molecule has 1 aliphatic rings. The minimum Gasteiger partial charge on any atom is -0.345 e. The lowest BCUT2D eigenvalue weighted by Gasteiger charge is -2.30. The number of piperidine rings is 1. The Hall–Kier alpha value is -2.10. The SMILES string of the molecule is N#CCN1CCC(NC(=O)C(=O)Nc2ccc(Cl)cc2)CC1. The molecule has 2 rings (SSSR count). The van der Waals surface area contributed by atoms with E-state index in [1.165, 1.54) is 0 Å². The lowest BCUT2D eigenvalue weighted by atomic mass is 10.1. The van der Waals surface area contributed by atoms with Crippen molar-refractivity contribution >= 4 is 29.1 Å². The van der Waals surface area contributed by atoms with Gasteiger partial charge in [-0.1, -0.05) is 11.6 Å². The van der Waals surface area contributed by atoms with Gasteiger partial charge >= 0.3 is 11.8 Å². The molecular weight excluding hydrogens is 304 g/mol. The minimum absolute atomic E-state index is 0.0292. The van der Waals surface area contributed by atoms with E-state index >= 15 is 0 Å². The van der Waals surface area contributed by atoms with Crippen LogP contribution in [0.1, 0.15) is 12.8 Å². The van der Waals surface area contributed by atoms with Crippen LogP contribution in [0.2, 0.25) is 5.02 Å². The van der Waals surface area contributed by atoms with Crippen LogP contribution < -0.4 is 10.6 Å². The molecule has 1 saturated heterocycles. The molecule has 0 saturated carbocycles. The number of rotatable bonds is 3. The molecule has 7 heteroatoms. The molecule has 116 valence electrons. The highest BCUT2D eigenvalue weighted by Gasteiger charge is 2.23. The van der Waals surface area contributed by atoms with Crippen molar-refractivity contribution in [2.75, 3.05) is 25.0 Å². The third-order valence-corrected chi connectivity index (χ3v) is 3.78. The van der Waals surface area contributed by atoms with Crippen LogP contribution in [-0.4, -0.2) is 42.4 Å². The lowest BCUT2D eigenvalue weighted by Crippen LogP contribution is -2.47. The van der Waals surface area contributed by atoms with Gasteiger partial charge in [0.05, 0.1) is 12.6 Å². The van der Waals surface area contributed by atoms with Crippen molar-refractivity contribution in [1.82, 2.24) is 10.2 Å². The van der Waals surface area contributed by atoms with Crippen LogP contribution in [0, 0.1) is 11.3 Å². The Bertz CT molecular complexity index is 574. The van der Waals surface area contributed by atoms with E-state index in [9.17, 15) is 9.59 Å². The number of halogens is 1. The maximum atomic E-state index is 11.9. The molecule has 2 N–H and O–H groups in total. The summed E-state index contributed by atoms with van der Waals surface area (Å²) >= 11 is 5.76. The number of anilines is 1. The summed E-state index contributed by atoms with van der Waals surface area (Å²) in [5.74, 6) is -1.34. The van der Waals surface area contributed by atoms with Gasteiger partial charge in [-0.25, -0.2) is 0 Å². The van der Waals surface area contributed by atoms with Crippen LogP contribution in [-0.2, 0) is 9.59 Å². The molecule has 0 atom stereocenters. The number of amides is 2. The molecule has 0 aliphatic carbocycles. The Morgan fingerprint density at radius 2 is 1.86 bits per heavy atom. The molecular formula is C15H17ClN4O2. The summed E-state index contributed by atoms with van der Waals surface area (Å²) in [5.41, 5.74) is 0.522. The summed E-state index contributed by atoms with van der Waals surface area (Å²) in [6.45, 7) is 1.90. The fraction of sp³-hybridized carbons (Fsp3) is 0.400. The number of likely N-dealkylation sites (tertiary alicyclic amines) is 1. The summed E-state index contributed by atoms with van der Waals surface area (Å²) in [6.07, 6.45) is 1.48. The molecule has 0 unspecified atom stereocenters. The number of hydrogen-bond acceptors (Lipinski definition) is 4. The van der Waals surface area contributed by atoms with Crippen LogP contribution >= 0.6 is 11.6 Å². The fourth-order valence-electron chi connectivity index (χ4n) is 2.31. The van der Waals surface area contributed by atoms with Crippen LogP contribution in [0.25, 0.3) is 0 Å². The molecule has 0 radical (unpaired) electrons. The van der Waals surface area contributed by atoms with E-state index in [2.05, 4.69) is 16.7 Å². The van der Waals surface area contributed by atoms with Gasteiger partial charge < -0.3 is 10.6 Å². The smallest absolute Gasteiger partial charge is 0.313 e. The van der Waals surface area contributed by atoms with Gasteiger partial charge in [0.25, 0.3) is 0 Å². The van der Waals surface area contributed by atoms with Crippen molar-refractivity contribution in [1.29, 1.82) is 5.26 Å². The molecule has 2 amide bonds. The second kappa shape index (κ2) is 7.78. The van der Waals surface area contributed by atoms with Crippen LogP contribution in [0.3, 0.4) is 0 Å². The molecule has 6 nitrogen and oxygen atoms in total. The molecule has 1 aromatic rings. The number of benzene rings is 1. The van der Waals surface area contributed by atoms with Crippen LogP contribution in [0.15, 0.2) is 24.3 Å². The van der Waals surface area contributed by atoms with Crippen molar-refractivity contribution in [2.24, 2.45) is 0 Å². The molecule has 1 fully saturated rings. The predicted octanol–water partition coefficient (Wildman–Crippen LogP) is 1.38. The largest absolute Gasteiger partial charge is 0.345 e. The lowest BCUT2D eigenvalue weighted by molar-refractivity contribution is -0.136. The van der Waals surface area contributed by atoms with Crippen molar-refractivity contribution in [3.8, 4) is 6.07 Å². The average molecular weight is 321 g/mol. The van der Waals surface area contributed by atoms with Gasteiger partial charge in [-0.05, 0) is 37.1 Å². The van der Waals surface area contributed by atoms with Crippen molar-refractivity contribution in [3.05, 3.63) is 29.3 Å². The van der Waals surface area contributed by atoms with E-state index < -0.39 is 11.8 Å². The highest BCUT2D eigenvalue weighted by atomic mass is 35.5. The molecule has 0 spiro atoms. The van der Waals surface area contributed by atoms with E-state index in [-0.39, 0.29) is 6.04 Å². The third-order valence-electron chi connectivity index (χ3n) is 3.53. The second-order valence-corrected chi connectivity index (χ2v) is 5.58. The average Bonchev–Trinajstić information content (AvgIpc) is 2.51. The molecule has 1 aliphatic heterocycles. The summed E-state index contributed by atoms with van der Waals surface area (Å²) in [5, 5.41) is 14.4. The Morgan fingerprint density at radius 1 is 1.23 bits per heavy atom. The zero-order chi connectivity index (χ0) is 15.9. The van der Waals surface area contributed by atoms with Gasteiger partial charge in [0, 0.05) is 29.8 Å². The van der Waals surface area contributed by atoms with Crippen molar-refractivity contribution in [2.45, 2.75) is 18.9 Å². The summed E-state index contributed by atoms with van der Waals surface area (Å²) in [4.78, 5) is 25.7. The number of carbonyl (C=O) groups is 2. The molecule has 1 heterocycles. The first-order valence-electron chi connectivity index (χ1n) is 7.05. The Labute approximate surface area is 134 Å². The summed E-state index contributed by atoms with van der Waals surface area (Å²) in [6, 6.07) is 8.62. The predicted molar refractivity (Wildman–Crippen MR) is 83.3 cm³/mol. The minimum atomic E-state index is -0.693. The third kappa shape index (κ3) is 4.72. The molecule has 0 bridgehead atoms. The van der Waals surface area contributed by atoms with Gasteiger partial charge in [0.15, 0.2) is 0 Å². The Kier molecular flexibility index (Phi) is 5.75. The maximum absolute atomic E-state index is 11.9. The van der Waals surface area contributed by atoms with Crippen molar-refractivity contribution < 1.29 is 9.59 Å². The Balaban J connectivity index is 1.78. The van der Waals surface area contributed by atoms with Gasteiger partial charge in [-0.15, -0.1) is 0 Å². The normalized spacial score (nSPS) is 15.8. The second-order valence-electron chi connectivity index (χ2n) is 5.14. The number of nitrogens with zero attached hydrogens (tertiary/aromatic N) is 2. The molecule has 1 aromatic carbocycles. The number of nitrogens with one attached hydrogen (secondary N) is 2. The summed E-state index contributed by atoms with van der Waals surface area (Å²) in [7, 11) is 0. The Morgan fingerprint density at radius 3 is 2.45 bits per heavy atom. The van der Waals surface area contributed by atoms with Gasteiger partial charge in [-0.2, -0.15) is 5.26 Å². The number of nitriles is 1. The molecule has 0 aromatic heterocycles. The van der Waals surface area contributed by atoms with Crippen LogP contribution in [0.4, 0.5) is 5.69 Å². The maximum Gasteiger partial charge on any atom is 0.313 e. The van der Waals surface area contributed by atoms with Gasteiger partial charge in [-0.3, -0.25) is 14.5 Å². The van der Waals surface area contributed by atoms with Crippen LogP contribution in [0.5, 0.6) is 0 Å². The number of carbonyl (C=O) groups excluding carboxylic acids is 2. The van der Waals surface area contributed by atoms with E-state index in [0.717, 1.165) is 25.9 Å². The quantitative estimate of drug-likeness (QED) is 0.651. The number of hydrogen-bond donors (Lipinski definition) is 2. The first kappa shape index (κ1) is 16.3. The standard InChI is InChI=1S/C15H17ClN4O2/c16-11-1-3-12(4-2-11)18-14(21)15(22)19-13-5-8-20(9-6-13)10-7-17/h1-4,13H,5-6,8-10H2,(H,18,21)(H,19,22). The van der Waals surface area contributed by atoms with E-state index in [4.69, 9.17) is 16.9 Å². The van der Waals surface area contributed by atoms with E-state index in [1.807, 2.05) is 4.90 Å². The van der Waals surface area contributed by atoms with Gasteiger partial charge in [0.2, 0.25) is 0 Å². The first-order chi connectivity index (χ1) is 10.6. The highest BCUT2D eigenvalue weighted by molar-refractivity contribution is 6.39. The monoisotopic (exact) mass is 320 g/mol. The first-order valence-corrected chi connectivity index (χ1v) is 7.43. The van der Waals surface area contributed by atoms with Gasteiger partial charge in [0.1, 0.15) is 0 Å².